The molecule has 0 saturated carbocycles. The summed E-state index contributed by atoms with van der Waals surface area (Å²) in [4.78, 5) is 2.47. The van der Waals surface area contributed by atoms with Crippen LogP contribution in [0, 0.1) is 5.92 Å². The van der Waals surface area contributed by atoms with E-state index in [1.807, 2.05) is 0 Å². The van der Waals surface area contributed by atoms with Gasteiger partial charge in [0.15, 0.2) is 0 Å². The molecule has 0 bridgehead atoms. The molecule has 0 aromatic carbocycles. The highest BCUT2D eigenvalue weighted by Gasteiger charge is 2.17. The van der Waals surface area contributed by atoms with E-state index in [1.54, 1.807) is 0 Å². The molecule has 1 rings (SSSR count). The number of nitrogens with zero attached hydrogens (tertiary/aromatic N) is 1. The molecule has 2 nitrogen and oxygen atoms in total. The number of unbranched alkanes of at least 4 members (excludes halogenated alkanes) is 4. The Kier molecular flexibility index (Phi) is 10.4. The summed E-state index contributed by atoms with van der Waals surface area (Å²) in [5, 5.41) is 3.90. The number of likely N-dealkylation sites (tertiary alicyclic amines) is 1. The van der Waals surface area contributed by atoms with E-state index < -0.39 is 0 Å². The first-order valence-electron chi connectivity index (χ1n) is 9.18. The van der Waals surface area contributed by atoms with Crippen molar-refractivity contribution in [3.63, 3.8) is 0 Å². The fourth-order valence-electron chi connectivity index (χ4n) is 3.23. The van der Waals surface area contributed by atoms with Crippen molar-refractivity contribution in [2.75, 3.05) is 26.7 Å². The molecule has 0 atom stereocenters. The van der Waals surface area contributed by atoms with Crippen LogP contribution in [0.25, 0.3) is 0 Å². The second kappa shape index (κ2) is 11.6. The zero-order valence-electron chi connectivity index (χ0n) is 14.3. The van der Waals surface area contributed by atoms with Crippen LogP contribution in [-0.4, -0.2) is 37.6 Å². The normalized spacial score (nSPS) is 18.0. The van der Waals surface area contributed by atoms with Gasteiger partial charge < -0.3 is 10.2 Å². The molecule has 0 radical (unpaired) electrons. The quantitative estimate of drug-likeness (QED) is 0.563. The van der Waals surface area contributed by atoms with Crippen LogP contribution in [-0.2, 0) is 0 Å². The SMILES string of the molecule is CCCCCC(CCCCC)NCC1CCN(C)CC1. The number of rotatable bonds is 11. The van der Waals surface area contributed by atoms with Gasteiger partial charge in [-0.2, -0.15) is 0 Å². The summed E-state index contributed by atoms with van der Waals surface area (Å²) in [6.07, 6.45) is 13.9. The summed E-state index contributed by atoms with van der Waals surface area (Å²) >= 11 is 0. The summed E-state index contributed by atoms with van der Waals surface area (Å²) in [6.45, 7) is 8.46. The third-order valence-electron chi connectivity index (χ3n) is 4.85. The molecule has 1 aliphatic rings. The van der Waals surface area contributed by atoms with Gasteiger partial charge in [-0.25, -0.2) is 0 Å². The molecule has 1 heterocycles. The minimum atomic E-state index is 0.785. The van der Waals surface area contributed by atoms with Crippen LogP contribution in [0.3, 0.4) is 0 Å². The fraction of sp³-hybridized carbons (Fsp3) is 1.00. The van der Waals surface area contributed by atoms with Gasteiger partial charge in [-0.05, 0) is 58.3 Å². The van der Waals surface area contributed by atoms with Crippen LogP contribution < -0.4 is 5.32 Å². The van der Waals surface area contributed by atoms with Crippen LogP contribution in [0.4, 0.5) is 0 Å². The molecule has 0 unspecified atom stereocenters. The highest BCUT2D eigenvalue weighted by Crippen LogP contribution is 2.17. The average molecular weight is 283 g/mol. The lowest BCUT2D eigenvalue weighted by atomic mass is 9.95. The minimum absolute atomic E-state index is 0.785. The molecule has 120 valence electrons. The smallest absolute Gasteiger partial charge is 0.00671 e. The van der Waals surface area contributed by atoms with Crippen LogP contribution in [0.2, 0.25) is 0 Å². The van der Waals surface area contributed by atoms with Crippen molar-refractivity contribution < 1.29 is 0 Å². The van der Waals surface area contributed by atoms with Gasteiger partial charge in [0, 0.05) is 6.04 Å². The van der Waals surface area contributed by atoms with E-state index in [-0.39, 0.29) is 0 Å². The lowest BCUT2D eigenvalue weighted by Gasteiger charge is -2.30. The molecule has 0 aromatic heterocycles. The van der Waals surface area contributed by atoms with Gasteiger partial charge in [0.2, 0.25) is 0 Å². The summed E-state index contributed by atoms with van der Waals surface area (Å²) in [7, 11) is 2.25. The molecule has 1 N–H and O–H groups in total. The van der Waals surface area contributed by atoms with E-state index in [0.717, 1.165) is 12.0 Å². The predicted octanol–water partition coefficient (Wildman–Crippen LogP) is 4.45. The highest BCUT2D eigenvalue weighted by atomic mass is 15.1. The van der Waals surface area contributed by atoms with Crippen LogP contribution in [0.1, 0.15) is 78.1 Å². The van der Waals surface area contributed by atoms with Gasteiger partial charge in [-0.3, -0.25) is 0 Å². The predicted molar refractivity (Wildman–Crippen MR) is 90.3 cm³/mol. The Bertz CT molecular complexity index is 199. The fourth-order valence-corrected chi connectivity index (χ4v) is 3.23. The molecule has 0 aliphatic carbocycles. The van der Waals surface area contributed by atoms with E-state index in [0.29, 0.717) is 0 Å². The second-order valence-corrected chi connectivity index (χ2v) is 6.84. The van der Waals surface area contributed by atoms with Crippen LogP contribution in [0.15, 0.2) is 0 Å². The van der Waals surface area contributed by atoms with Crippen molar-refractivity contribution in [2.24, 2.45) is 5.92 Å². The molecule has 0 spiro atoms. The second-order valence-electron chi connectivity index (χ2n) is 6.84. The highest BCUT2D eigenvalue weighted by molar-refractivity contribution is 4.75. The van der Waals surface area contributed by atoms with Gasteiger partial charge in [0.1, 0.15) is 0 Å². The first-order valence-corrected chi connectivity index (χ1v) is 9.18. The molecule has 1 aliphatic heterocycles. The molecule has 0 amide bonds. The molecule has 1 fully saturated rings. The summed E-state index contributed by atoms with van der Waals surface area (Å²) in [6, 6.07) is 0.785. The third-order valence-corrected chi connectivity index (χ3v) is 4.85. The van der Waals surface area contributed by atoms with Crippen molar-refractivity contribution in [2.45, 2.75) is 84.1 Å². The largest absolute Gasteiger partial charge is 0.314 e. The Labute approximate surface area is 127 Å². The topological polar surface area (TPSA) is 15.3 Å². The Morgan fingerprint density at radius 3 is 2.00 bits per heavy atom. The minimum Gasteiger partial charge on any atom is -0.314 e. The van der Waals surface area contributed by atoms with Crippen LogP contribution >= 0.6 is 0 Å². The van der Waals surface area contributed by atoms with Crippen molar-refractivity contribution in [3.05, 3.63) is 0 Å². The molecule has 20 heavy (non-hydrogen) atoms. The van der Waals surface area contributed by atoms with Crippen molar-refractivity contribution in [3.8, 4) is 0 Å². The number of hydrogen-bond donors (Lipinski definition) is 1. The maximum atomic E-state index is 3.90. The number of piperidine rings is 1. The Morgan fingerprint density at radius 2 is 1.50 bits per heavy atom. The summed E-state index contributed by atoms with van der Waals surface area (Å²) in [5.41, 5.74) is 0. The maximum Gasteiger partial charge on any atom is 0.00671 e. The van der Waals surface area contributed by atoms with Gasteiger partial charge in [-0.1, -0.05) is 52.4 Å². The van der Waals surface area contributed by atoms with Gasteiger partial charge in [0.25, 0.3) is 0 Å². The summed E-state index contributed by atoms with van der Waals surface area (Å²) < 4.78 is 0. The first kappa shape index (κ1) is 18.0. The van der Waals surface area contributed by atoms with Gasteiger partial charge >= 0.3 is 0 Å². The van der Waals surface area contributed by atoms with Crippen molar-refractivity contribution in [1.29, 1.82) is 0 Å². The van der Waals surface area contributed by atoms with E-state index in [2.05, 4.69) is 31.1 Å². The standard InChI is InChI=1S/C18H38N2/c1-4-6-8-10-18(11-9-7-5-2)19-16-17-12-14-20(3)15-13-17/h17-19H,4-16H2,1-3H3. The zero-order valence-corrected chi connectivity index (χ0v) is 14.3. The third kappa shape index (κ3) is 8.26. The Hall–Kier alpha value is -0.0800. The Morgan fingerprint density at radius 1 is 0.950 bits per heavy atom. The van der Waals surface area contributed by atoms with Gasteiger partial charge in [0.05, 0.1) is 0 Å². The first-order chi connectivity index (χ1) is 9.76. The Balaban J connectivity index is 2.19. The van der Waals surface area contributed by atoms with E-state index in [1.165, 1.54) is 83.8 Å². The van der Waals surface area contributed by atoms with E-state index >= 15 is 0 Å². The molecular weight excluding hydrogens is 244 g/mol. The van der Waals surface area contributed by atoms with E-state index in [9.17, 15) is 0 Å². The average Bonchev–Trinajstić information content (AvgIpc) is 2.46. The zero-order chi connectivity index (χ0) is 14.6. The van der Waals surface area contributed by atoms with Crippen molar-refractivity contribution >= 4 is 0 Å². The van der Waals surface area contributed by atoms with Crippen molar-refractivity contribution in [1.82, 2.24) is 10.2 Å². The molecule has 0 aromatic rings. The molecule has 1 saturated heterocycles. The maximum absolute atomic E-state index is 3.90. The lowest BCUT2D eigenvalue weighted by Crippen LogP contribution is -2.38. The number of hydrogen-bond acceptors (Lipinski definition) is 2. The monoisotopic (exact) mass is 282 g/mol. The summed E-state index contributed by atoms with van der Waals surface area (Å²) in [5.74, 6) is 0.922. The van der Waals surface area contributed by atoms with Gasteiger partial charge in [-0.15, -0.1) is 0 Å². The van der Waals surface area contributed by atoms with Crippen LogP contribution in [0.5, 0.6) is 0 Å². The molecular formula is C18H38N2. The van der Waals surface area contributed by atoms with E-state index in [4.69, 9.17) is 0 Å². The number of nitrogens with one attached hydrogen (secondary N) is 1. The molecule has 2 heteroatoms. The lowest BCUT2D eigenvalue weighted by molar-refractivity contribution is 0.210.